The minimum absolute atomic E-state index is 0.0357. The van der Waals surface area contributed by atoms with E-state index in [9.17, 15) is 14.7 Å². The topological polar surface area (TPSA) is 110 Å². The van der Waals surface area contributed by atoms with Gasteiger partial charge in [-0.3, -0.25) is 14.5 Å². The predicted octanol–water partition coefficient (Wildman–Crippen LogP) is 3.12. The lowest BCUT2D eigenvalue weighted by molar-refractivity contribution is -0.131. The number of ketones is 1. The smallest absolute Gasteiger partial charge is 0.290 e. The molecule has 0 spiro atoms. The van der Waals surface area contributed by atoms with Gasteiger partial charge >= 0.3 is 0 Å². The number of aliphatic hydroxyl groups is 1. The van der Waals surface area contributed by atoms with Crippen molar-refractivity contribution >= 4 is 11.7 Å². The summed E-state index contributed by atoms with van der Waals surface area (Å²) in [4.78, 5) is 30.0. The number of amides is 1. The molecule has 0 bridgehead atoms. The van der Waals surface area contributed by atoms with E-state index in [1.54, 1.807) is 30.5 Å². The first kappa shape index (κ1) is 20.3. The number of furan rings is 3. The lowest BCUT2D eigenvalue weighted by Crippen LogP contribution is -2.45. The van der Waals surface area contributed by atoms with Gasteiger partial charge in [0.05, 0.1) is 43.6 Å². The maximum atomic E-state index is 13.2. The van der Waals surface area contributed by atoms with Crippen molar-refractivity contribution < 1.29 is 32.7 Å². The number of hydrogen-bond acceptors (Lipinski definition) is 8. The fourth-order valence-electron chi connectivity index (χ4n) is 4.30. The minimum atomic E-state index is -0.895. The second-order valence-corrected chi connectivity index (χ2v) is 7.62. The Morgan fingerprint density at radius 2 is 1.75 bits per heavy atom. The maximum Gasteiger partial charge on any atom is 0.290 e. The molecule has 0 aliphatic carbocycles. The number of aliphatic hydroxyl groups excluding tert-OH is 1. The highest BCUT2D eigenvalue weighted by Crippen LogP contribution is 2.41. The molecular weight excluding hydrogens is 416 g/mol. The van der Waals surface area contributed by atoms with Crippen molar-refractivity contribution in [2.45, 2.75) is 12.1 Å². The Morgan fingerprint density at radius 1 is 1.03 bits per heavy atom. The molecule has 9 nitrogen and oxygen atoms in total. The van der Waals surface area contributed by atoms with Crippen molar-refractivity contribution in [1.29, 1.82) is 0 Å². The van der Waals surface area contributed by atoms with E-state index in [0.717, 1.165) is 0 Å². The summed E-state index contributed by atoms with van der Waals surface area (Å²) < 4.78 is 22.0. The largest absolute Gasteiger partial charge is 0.503 e. The average molecular weight is 438 g/mol. The Kier molecular flexibility index (Phi) is 5.42. The van der Waals surface area contributed by atoms with Crippen LogP contribution in [0.3, 0.4) is 0 Å². The van der Waals surface area contributed by atoms with Crippen molar-refractivity contribution in [3.63, 3.8) is 0 Å². The van der Waals surface area contributed by atoms with Crippen LogP contribution in [0.15, 0.2) is 79.8 Å². The zero-order valence-electron chi connectivity index (χ0n) is 17.2. The van der Waals surface area contributed by atoms with Crippen LogP contribution in [0.1, 0.15) is 34.2 Å². The number of ether oxygens (including phenoxy) is 1. The monoisotopic (exact) mass is 438 g/mol. The summed E-state index contributed by atoms with van der Waals surface area (Å²) in [5.41, 5.74) is -0.0694. The van der Waals surface area contributed by atoms with Crippen LogP contribution in [0.5, 0.6) is 0 Å². The summed E-state index contributed by atoms with van der Waals surface area (Å²) in [6, 6.07) is 8.88. The van der Waals surface area contributed by atoms with Crippen LogP contribution in [0, 0.1) is 0 Å². The molecule has 1 saturated heterocycles. The summed E-state index contributed by atoms with van der Waals surface area (Å²) in [7, 11) is 0. The van der Waals surface area contributed by atoms with E-state index in [0.29, 0.717) is 37.8 Å². The van der Waals surface area contributed by atoms with Crippen molar-refractivity contribution in [3.05, 3.63) is 83.8 Å². The number of morpholine rings is 1. The zero-order valence-corrected chi connectivity index (χ0v) is 17.2. The molecule has 0 saturated carbocycles. The van der Waals surface area contributed by atoms with Gasteiger partial charge in [0.25, 0.3) is 5.91 Å². The lowest BCUT2D eigenvalue weighted by atomic mass is 9.99. The van der Waals surface area contributed by atoms with Gasteiger partial charge < -0.3 is 28.0 Å². The van der Waals surface area contributed by atoms with Gasteiger partial charge in [-0.15, -0.1) is 0 Å². The summed E-state index contributed by atoms with van der Waals surface area (Å²) in [6.07, 6.45) is 4.42. The van der Waals surface area contributed by atoms with Crippen LogP contribution in [0.25, 0.3) is 0 Å². The molecule has 1 fully saturated rings. The van der Waals surface area contributed by atoms with Gasteiger partial charge in [0.2, 0.25) is 5.78 Å². The molecule has 5 heterocycles. The van der Waals surface area contributed by atoms with Gasteiger partial charge in [-0.2, -0.15) is 0 Å². The summed E-state index contributed by atoms with van der Waals surface area (Å²) in [5, 5.41) is 10.7. The highest BCUT2D eigenvalue weighted by molar-refractivity contribution is 6.14. The molecule has 2 aliphatic rings. The third kappa shape index (κ3) is 3.55. The fraction of sp³-hybridized carbons (Fsp3) is 0.304. The van der Waals surface area contributed by atoms with E-state index in [1.807, 2.05) is 6.07 Å². The lowest BCUT2D eigenvalue weighted by Gasteiger charge is -2.36. The molecule has 32 heavy (non-hydrogen) atoms. The molecule has 2 unspecified atom stereocenters. The number of carbonyl (C=O) groups excluding carboxylic acids is 2. The molecule has 1 amide bonds. The first-order chi connectivity index (χ1) is 15.6. The number of hydrogen-bond donors (Lipinski definition) is 1. The Balaban J connectivity index is 1.52. The highest BCUT2D eigenvalue weighted by atomic mass is 16.5. The van der Waals surface area contributed by atoms with Crippen molar-refractivity contribution in [1.82, 2.24) is 9.80 Å². The summed E-state index contributed by atoms with van der Waals surface area (Å²) >= 11 is 0. The van der Waals surface area contributed by atoms with E-state index in [2.05, 4.69) is 4.90 Å². The Bertz CT molecular complexity index is 1090. The zero-order chi connectivity index (χ0) is 22.1. The molecule has 0 radical (unpaired) electrons. The third-order valence-corrected chi connectivity index (χ3v) is 5.83. The number of nitrogens with zero attached hydrogens (tertiary/aromatic N) is 2. The molecule has 2 atom stereocenters. The van der Waals surface area contributed by atoms with Gasteiger partial charge in [0, 0.05) is 19.6 Å². The van der Waals surface area contributed by atoms with Crippen molar-refractivity contribution in [2.24, 2.45) is 0 Å². The third-order valence-electron chi connectivity index (χ3n) is 5.83. The van der Waals surface area contributed by atoms with Crippen LogP contribution >= 0.6 is 0 Å². The maximum absolute atomic E-state index is 13.2. The quantitative estimate of drug-likeness (QED) is 0.561. The van der Waals surface area contributed by atoms with Gasteiger partial charge in [-0.05, 0) is 36.4 Å². The van der Waals surface area contributed by atoms with Crippen LogP contribution in [0.2, 0.25) is 0 Å². The second-order valence-electron chi connectivity index (χ2n) is 7.62. The average Bonchev–Trinajstić information content (AvgIpc) is 3.62. The SMILES string of the molecule is O=C(C1=C(O)C(=O)N(CC(c2ccco2)N2CCOCC2)C1c1ccco1)c1ccco1. The number of Topliss-reactive ketones (excluding diaryl/α,β-unsaturated/α-hetero) is 1. The molecule has 166 valence electrons. The number of carbonyl (C=O) groups is 2. The van der Waals surface area contributed by atoms with E-state index in [1.165, 1.54) is 23.5 Å². The molecule has 5 rings (SSSR count). The van der Waals surface area contributed by atoms with E-state index in [4.69, 9.17) is 18.0 Å². The predicted molar refractivity (Wildman–Crippen MR) is 110 cm³/mol. The van der Waals surface area contributed by atoms with Gasteiger partial charge in [0.15, 0.2) is 11.5 Å². The van der Waals surface area contributed by atoms with Crippen LogP contribution in [-0.4, -0.2) is 59.4 Å². The van der Waals surface area contributed by atoms with Crippen LogP contribution in [-0.2, 0) is 9.53 Å². The first-order valence-corrected chi connectivity index (χ1v) is 10.4. The molecule has 9 heteroatoms. The Labute approximate surface area is 183 Å². The van der Waals surface area contributed by atoms with Crippen LogP contribution < -0.4 is 0 Å². The molecule has 0 aromatic carbocycles. The molecule has 1 N–H and O–H groups in total. The van der Waals surface area contributed by atoms with E-state index in [-0.39, 0.29) is 23.9 Å². The highest BCUT2D eigenvalue weighted by Gasteiger charge is 2.47. The van der Waals surface area contributed by atoms with Crippen LogP contribution in [0.4, 0.5) is 0 Å². The van der Waals surface area contributed by atoms with Gasteiger partial charge in [0.1, 0.15) is 17.6 Å². The summed E-state index contributed by atoms with van der Waals surface area (Å²) in [5.74, 6) is -0.723. The van der Waals surface area contributed by atoms with E-state index < -0.39 is 23.5 Å². The molecule has 3 aromatic heterocycles. The number of rotatable bonds is 7. The Hall–Kier alpha value is -3.56. The van der Waals surface area contributed by atoms with Crippen molar-refractivity contribution in [3.8, 4) is 0 Å². The van der Waals surface area contributed by atoms with E-state index >= 15 is 0 Å². The second kappa shape index (κ2) is 8.52. The first-order valence-electron chi connectivity index (χ1n) is 10.4. The summed E-state index contributed by atoms with van der Waals surface area (Å²) in [6.45, 7) is 2.64. The Morgan fingerprint density at radius 3 is 2.41 bits per heavy atom. The fourth-order valence-corrected chi connectivity index (χ4v) is 4.30. The molecular formula is C23H22N2O7. The standard InChI is InChI=1S/C23H22N2O7/c26-21(18-6-3-11-32-18)19-20(17-5-2-10-31-17)25(23(28)22(19)27)14-15(16-4-1-9-30-16)24-7-12-29-13-8-24/h1-6,9-11,15,20,27H,7-8,12-14H2. The molecule has 3 aromatic rings. The minimum Gasteiger partial charge on any atom is -0.503 e. The molecule has 2 aliphatic heterocycles. The normalized spacial score (nSPS) is 20.8. The van der Waals surface area contributed by atoms with Gasteiger partial charge in [-0.1, -0.05) is 0 Å². The van der Waals surface area contributed by atoms with Crippen molar-refractivity contribution in [2.75, 3.05) is 32.8 Å². The van der Waals surface area contributed by atoms with Gasteiger partial charge in [-0.25, -0.2) is 0 Å².